The number of carboxylic acids is 1. The van der Waals surface area contributed by atoms with Gasteiger partial charge in [0.05, 0.1) is 29.4 Å². The van der Waals surface area contributed by atoms with E-state index in [-0.39, 0.29) is 12.5 Å². The van der Waals surface area contributed by atoms with Crippen LogP contribution >= 0.6 is 11.3 Å². The van der Waals surface area contributed by atoms with Crippen LogP contribution in [-0.2, 0) is 19.2 Å². The summed E-state index contributed by atoms with van der Waals surface area (Å²) < 4.78 is 5.57. The van der Waals surface area contributed by atoms with Crippen LogP contribution in [0.4, 0.5) is 0 Å². The number of aromatic amines is 1. The summed E-state index contributed by atoms with van der Waals surface area (Å²) in [6.07, 6.45) is 12.3. The standard InChI is InChI=1S/C37H43N5O7S/c1-2-3-4-5-6-7-20-39-31(44)19-12-25-10-13-27(14-11-25)35-34(42-36(50-35)29-9-8-21-38-29)26-15-17-28(18-16-26)49-24-33(46)40-22-32(45)41-30(23-43)37(47)48/h8-19,21,30,38,43H,2-7,20,22-24H2,1H3,(H,39,44)(H,40,46)(H,41,45)(H,47,48)/b19-12+/t30-/m0/s1. The lowest BCUT2D eigenvalue weighted by Gasteiger charge is -2.12. The molecule has 0 aliphatic carbocycles. The smallest absolute Gasteiger partial charge is 0.328 e. The number of hydrogen-bond acceptors (Lipinski definition) is 8. The van der Waals surface area contributed by atoms with Gasteiger partial charge in [-0.25, -0.2) is 9.78 Å². The van der Waals surface area contributed by atoms with Crippen molar-refractivity contribution in [3.05, 3.63) is 78.5 Å². The van der Waals surface area contributed by atoms with Crippen molar-refractivity contribution in [3.63, 3.8) is 0 Å². The van der Waals surface area contributed by atoms with Crippen molar-refractivity contribution in [1.82, 2.24) is 25.9 Å². The van der Waals surface area contributed by atoms with Gasteiger partial charge in [0.15, 0.2) is 6.61 Å². The fourth-order valence-electron chi connectivity index (χ4n) is 4.90. The maximum atomic E-state index is 12.3. The van der Waals surface area contributed by atoms with Crippen molar-refractivity contribution in [2.75, 3.05) is 26.3 Å². The third-order valence-electron chi connectivity index (χ3n) is 7.64. The molecule has 0 aliphatic rings. The molecule has 1 atom stereocenters. The summed E-state index contributed by atoms with van der Waals surface area (Å²) in [6.45, 7) is 1.28. The fourth-order valence-corrected chi connectivity index (χ4v) is 5.98. The van der Waals surface area contributed by atoms with Crippen molar-refractivity contribution in [2.45, 2.75) is 51.5 Å². The maximum absolute atomic E-state index is 12.3. The number of carboxylic acid groups (broad SMARTS) is 1. The molecule has 0 spiro atoms. The molecule has 4 aromatic rings. The lowest BCUT2D eigenvalue weighted by Crippen LogP contribution is -2.47. The number of benzene rings is 2. The minimum atomic E-state index is -1.45. The summed E-state index contributed by atoms with van der Waals surface area (Å²) in [4.78, 5) is 56.4. The second-order valence-corrected chi connectivity index (χ2v) is 12.5. The van der Waals surface area contributed by atoms with Gasteiger partial charge in [0, 0.05) is 24.4 Å². The van der Waals surface area contributed by atoms with E-state index >= 15 is 0 Å². The zero-order valence-electron chi connectivity index (χ0n) is 27.9. The molecule has 3 amide bonds. The highest BCUT2D eigenvalue weighted by atomic mass is 32.1. The topological polar surface area (TPSA) is 183 Å². The number of ether oxygens (including phenoxy) is 1. The van der Waals surface area contributed by atoms with Crippen LogP contribution in [0.5, 0.6) is 5.75 Å². The summed E-state index contributed by atoms with van der Waals surface area (Å²) in [5.74, 6) is -2.40. The van der Waals surface area contributed by atoms with Gasteiger partial charge in [-0.3, -0.25) is 14.4 Å². The first-order valence-electron chi connectivity index (χ1n) is 16.6. The van der Waals surface area contributed by atoms with Crippen LogP contribution < -0.4 is 20.7 Å². The first-order chi connectivity index (χ1) is 24.3. The molecule has 0 radical (unpaired) electrons. The zero-order chi connectivity index (χ0) is 35.7. The Morgan fingerprint density at radius 1 is 0.920 bits per heavy atom. The molecule has 0 saturated heterocycles. The van der Waals surface area contributed by atoms with Gasteiger partial charge in [-0.1, -0.05) is 63.3 Å². The Hall–Kier alpha value is -5.27. The van der Waals surface area contributed by atoms with Gasteiger partial charge in [-0.15, -0.1) is 11.3 Å². The minimum absolute atomic E-state index is 0.103. The predicted octanol–water partition coefficient (Wildman–Crippen LogP) is 5.02. The number of carbonyl (C=O) groups excluding carboxylic acids is 3. The Labute approximate surface area is 295 Å². The van der Waals surface area contributed by atoms with E-state index in [1.165, 1.54) is 25.7 Å². The normalized spacial score (nSPS) is 11.6. The van der Waals surface area contributed by atoms with Gasteiger partial charge >= 0.3 is 5.97 Å². The molecule has 0 unspecified atom stereocenters. The third-order valence-corrected chi connectivity index (χ3v) is 8.78. The van der Waals surface area contributed by atoms with E-state index in [0.717, 1.165) is 50.8 Å². The number of thiazole rings is 1. The van der Waals surface area contributed by atoms with Gasteiger partial charge < -0.3 is 35.9 Å². The number of amides is 3. The van der Waals surface area contributed by atoms with Crippen molar-refractivity contribution < 1.29 is 34.1 Å². The molecular weight excluding hydrogens is 659 g/mol. The number of H-pyrrole nitrogens is 1. The van der Waals surface area contributed by atoms with Crippen LogP contribution in [0.2, 0.25) is 0 Å². The van der Waals surface area contributed by atoms with E-state index in [2.05, 4.69) is 27.9 Å². The first-order valence-corrected chi connectivity index (χ1v) is 17.4. The average Bonchev–Trinajstić information content (AvgIpc) is 3.82. The van der Waals surface area contributed by atoms with E-state index in [4.69, 9.17) is 19.9 Å². The number of nitrogens with zero attached hydrogens (tertiary/aromatic N) is 1. The molecule has 0 bridgehead atoms. The average molecular weight is 702 g/mol. The summed E-state index contributed by atoms with van der Waals surface area (Å²) in [5.41, 5.74) is 4.37. The van der Waals surface area contributed by atoms with E-state index in [1.807, 2.05) is 54.7 Å². The largest absolute Gasteiger partial charge is 0.484 e. The molecule has 0 fully saturated rings. The summed E-state index contributed by atoms with van der Waals surface area (Å²) in [6, 6.07) is 17.5. The number of unbranched alkanes of at least 4 members (excludes halogenated alkanes) is 5. The fraction of sp³-hybridized carbons (Fsp3) is 0.324. The van der Waals surface area contributed by atoms with Crippen LogP contribution in [0.25, 0.3) is 38.5 Å². The van der Waals surface area contributed by atoms with Gasteiger partial charge in [0.25, 0.3) is 5.91 Å². The third kappa shape index (κ3) is 11.7. The predicted molar refractivity (Wildman–Crippen MR) is 193 cm³/mol. The molecule has 50 heavy (non-hydrogen) atoms. The van der Waals surface area contributed by atoms with Crippen LogP contribution in [0, 0.1) is 0 Å². The Kier molecular flexibility index (Phi) is 14.8. The maximum Gasteiger partial charge on any atom is 0.328 e. The molecule has 2 aromatic heterocycles. The highest BCUT2D eigenvalue weighted by molar-refractivity contribution is 7.18. The summed E-state index contributed by atoms with van der Waals surface area (Å²) in [7, 11) is 0. The molecule has 6 N–H and O–H groups in total. The van der Waals surface area contributed by atoms with Crippen molar-refractivity contribution in [2.24, 2.45) is 0 Å². The number of aliphatic carboxylic acids is 1. The number of aliphatic hydroxyl groups excluding tert-OH is 1. The van der Waals surface area contributed by atoms with Crippen molar-refractivity contribution in [1.29, 1.82) is 0 Å². The van der Waals surface area contributed by atoms with Crippen molar-refractivity contribution >= 4 is 41.1 Å². The van der Waals surface area contributed by atoms with Crippen LogP contribution in [-0.4, -0.2) is 76.2 Å². The van der Waals surface area contributed by atoms with E-state index in [1.54, 1.807) is 35.6 Å². The lowest BCUT2D eigenvalue weighted by molar-refractivity contribution is -0.142. The van der Waals surface area contributed by atoms with E-state index < -0.39 is 37.0 Å². The molecule has 4 rings (SSSR count). The molecule has 2 aromatic carbocycles. The highest BCUT2D eigenvalue weighted by Gasteiger charge is 2.19. The quantitative estimate of drug-likeness (QED) is 0.0549. The van der Waals surface area contributed by atoms with Gasteiger partial charge in [-0.05, 0) is 60.0 Å². The van der Waals surface area contributed by atoms with E-state index in [9.17, 15) is 19.2 Å². The second kappa shape index (κ2) is 19.7. The number of aliphatic hydroxyl groups is 1. The van der Waals surface area contributed by atoms with Crippen LogP contribution in [0.15, 0.2) is 72.9 Å². The summed E-state index contributed by atoms with van der Waals surface area (Å²) in [5, 5.41) is 26.1. The molecule has 264 valence electrons. The number of aromatic nitrogens is 2. The zero-order valence-corrected chi connectivity index (χ0v) is 28.8. The Morgan fingerprint density at radius 3 is 2.32 bits per heavy atom. The Morgan fingerprint density at radius 2 is 1.64 bits per heavy atom. The molecule has 0 saturated carbocycles. The SMILES string of the molecule is CCCCCCCCNC(=O)/C=C/c1ccc(-c2sc(-c3ccc[nH]3)nc2-c2ccc(OCC(=O)NCC(=O)N[C@@H](CO)C(=O)O)cc2)cc1. The van der Waals surface area contributed by atoms with Gasteiger partial charge in [0.1, 0.15) is 16.8 Å². The molecule has 0 aliphatic heterocycles. The molecule has 12 nitrogen and oxygen atoms in total. The number of rotatable bonds is 20. The molecule has 13 heteroatoms. The second-order valence-electron chi connectivity index (χ2n) is 11.5. The molecular formula is C37H43N5O7S. The molecule has 2 heterocycles. The first kappa shape index (κ1) is 37.5. The van der Waals surface area contributed by atoms with Crippen LogP contribution in [0.3, 0.4) is 0 Å². The van der Waals surface area contributed by atoms with E-state index in [0.29, 0.717) is 12.3 Å². The summed E-state index contributed by atoms with van der Waals surface area (Å²) >= 11 is 1.55. The van der Waals surface area contributed by atoms with Crippen molar-refractivity contribution in [3.8, 4) is 38.1 Å². The number of carbonyl (C=O) groups is 4. The van der Waals surface area contributed by atoms with Crippen LogP contribution in [0.1, 0.15) is 51.0 Å². The monoisotopic (exact) mass is 701 g/mol. The van der Waals surface area contributed by atoms with Gasteiger partial charge in [0.2, 0.25) is 11.8 Å². The Balaban J connectivity index is 1.36. The Bertz CT molecular complexity index is 1720. The number of nitrogens with one attached hydrogen (secondary N) is 4. The lowest BCUT2D eigenvalue weighted by atomic mass is 10.0. The minimum Gasteiger partial charge on any atom is -0.484 e. The highest BCUT2D eigenvalue weighted by Crippen LogP contribution is 2.40. The number of hydrogen-bond donors (Lipinski definition) is 6. The van der Waals surface area contributed by atoms with Gasteiger partial charge in [-0.2, -0.15) is 0 Å².